The van der Waals surface area contributed by atoms with Crippen LogP contribution in [0, 0.1) is 5.92 Å². The summed E-state index contributed by atoms with van der Waals surface area (Å²) in [4.78, 5) is 2.61. The van der Waals surface area contributed by atoms with Crippen molar-refractivity contribution in [1.82, 2.24) is 4.90 Å². The van der Waals surface area contributed by atoms with E-state index >= 15 is 0 Å². The van der Waals surface area contributed by atoms with Gasteiger partial charge in [-0.15, -0.1) is 0 Å². The molecule has 0 amide bonds. The SMILES string of the molecule is COCC1CCCN(CCC2(N)CCCCC2)C1. The van der Waals surface area contributed by atoms with Crippen LogP contribution in [0.15, 0.2) is 0 Å². The maximum absolute atomic E-state index is 6.52. The van der Waals surface area contributed by atoms with E-state index in [1.54, 1.807) is 0 Å². The Labute approximate surface area is 112 Å². The first kappa shape index (κ1) is 14.3. The van der Waals surface area contributed by atoms with Crippen LogP contribution in [0.25, 0.3) is 0 Å². The van der Waals surface area contributed by atoms with Gasteiger partial charge < -0.3 is 15.4 Å². The molecule has 106 valence electrons. The zero-order chi connectivity index (χ0) is 12.8. The van der Waals surface area contributed by atoms with Crippen molar-refractivity contribution < 1.29 is 4.74 Å². The maximum Gasteiger partial charge on any atom is 0.0502 e. The van der Waals surface area contributed by atoms with Gasteiger partial charge >= 0.3 is 0 Å². The van der Waals surface area contributed by atoms with Crippen molar-refractivity contribution in [2.24, 2.45) is 11.7 Å². The molecule has 2 fully saturated rings. The first-order chi connectivity index (χ1) is 8.72. The summed E-state index contributed by atoms with van der Waals surface area (Å²) >= 11 is 0. The highest BCUT2D eigenvalue weighted by Gasteiger charge is 2.28. The number of hydrogen-bond donors (Lipinski definition) is 1. The first-order valence-electron chi connectivity index (χ1n) is 7.72. The van der Waals surface area contributed by atoms with Gasteiger partial charge in [-0.25, -0.2) is 0 Å². The molecule has 0 bridgehead atoms. The third-order valence-corrected chi connectivity index (χ3v) is 4.78. The molecule has 0 radical (unpaired) electrons. The van der Waals surface area contributed by atoms with E-state index in [9.17, 15) is 0 Å². The van der Waals surface area contributed by atoms with Crippen molar-refractivity contribution in [3.8, 4) is 0 Å². The Morgan fingerprint density at radius 1 is 1.22 bits per heavy atom. The topological polar surface area (TPSA) is 38.5 Å². The predicted molar refractivity (Wildman–Crippen MR) is 75.7 cm³/mol. The second-order valence-corrected chi connectivity index (χ2v) is 6.44. The van der Waals surface area contributed by atoms with Crippen molar-refractivity contribution in [1.29, 1.82) is 0 Å². The second kappa shape index (κ2) is 6.88. The van der Waals surface area contributed by atoms with Gasteiger partial charge in [0, 0.05) is 19.2 Å². The minimum Gasteiger partial charge on any atom is -0.384 e. The van der Waals surface area contributed by atoms with Gasteiger partial charge in [-0.3, -0.25) is 0 Å². The van der Waals surface area contributed by atoms with Crippen LogP contribution in [0.4, 0.5) is 0 Å². The summed E-state index contributed by atoms with van der Waals surface area (Å²) in [6, 6.07) is 0. The highest BCUT2D eigenvalue weighted by molar-refractivity contribution is 4.88. The molecule has 2 N–H and O–H groups in total. The molecule has 0 aromatic carbocycles. The smallest absolute Gasteiger partial charge is 0.0502 e. The van der Waals surface area contributed by atoms with Gasteiger partial charge in [0.1, 0.15) is 0 Å². The van der Waals surface area contributed by atoms with Gasteiger partial charge in [-0.05, 0) is 51.1 Å². The highest BCUT2D eigenvalue weighted by atomic mass is 16.5. The van der Waals surface area contributed by atoms with Crippen LogP contribution in [0.5, 0.6) is 0 Å². The number of rotatable bonds is 5. The van der Waals surface area contributed by atoms with Crippen LogP contribution in [0.1, 0.15) is 51.4 Å². The molecule has 1 heterocycles. The number of methoxy groups -OCH3 is 1. The molecular formula is C15H30N2O. The summed E-state index contributed by atoms with van der Waals surface area (Å²) in [6.45, 7) is 4.58. The van der Waals surface area contributed by atoms with E-state index in [1.807, 2.05) is 7.11 Å². The summed E-state index contributed by atoms with van der Waals surface area (Å²) in [5.41, 5.74) is 6.66. The quantitative estimate of drug-likeness (QED) is 0.819. The zero-order valence-corrected chi connectivity index (χ0v) is 12.0. The Bertz CT molecular complexity index is 237. The number of nitrogens with zero attached hydrogens (tertiary/aromatic N) is 1. The molecule has 2 rings (SSSR count). The third kappa shape index (κ3) is 4.22. The number of likely N-dealkylation sites (tertiary alicyclic amines) is 1. The van der Waals surface area contributed by atoms with Gasteiger partial charge in [0.05, 0.1) is 6.61 Å². The standard InChI is InChI=1S/C15H30N2O/c1-18-13-14-6-5-10-17(12-14)11-9-15(16)7-3-2-4-8-15/h14H,2-13,16H2,1H3. The summed E-state index contributed by atoms with van der Waals surface area (Å²) in [5.74, 6) is 0.740. The summed E-state index contributed by atoms with van der Waals surface area (Å²) in [6.07, 6.45) is 10.4. The van der Waals surface area contributed by atoms with Crippen molar-refractivity contribution in [2.45, 2.75) is 56.9 Å². The lowest BCUT2D eigenvalue weighted by Gasteiger charge is -2.38. The van der Waals surface area contributed by atoms with Crippen LogP contribution in [-0.4, -0.2) is 43.8 Å². The molecule has 1 saturated heterocycles. The molecule has 2 aliphatic rings. The van der Waals surface area contributed by atoms with E-state index in [1.165, 1.54) is 71.0 Å². The summed E-state index contributed by atoms with van der Waals surface area (Å²) in [5, 5.41) is 0. The normalized spacial score (nSPS) is 29.3. The fraction of sp³-hybridized carbons (Fsp3) is 1.00. The molecule has 3 heteroatoms. The maximum atomic E-state index is 6.52. The molecule has 1 aliphatic heterocycles. The number of hydrogen-bond acceptors (Lipinski definition) is 3. The van der Waals surface area contributed by atoms with E-state index in [-0.39, 0.29) is 5.54 Å². The molecule has 0 aromatic rings. The minimum absolute atomic E-state index is 0.145. The van der Waals surface area contributed by atoms with E-state index < -0.39 is 0 Å². The van der Waals surface area contributed by atoms with Gasteiger partial charge in [0.2, 0.25) is 0 Å². The summed E-state index contributed by atoms with van der Waals surface area (Å²) < 4.78 is 5.29. The largest absolute Gasteiger partial charge is 0.384 e. The van der Waals surface area contributed by atoms with Crippen LogP contribution >= 0.6 is 0 Å². The Kier molecular flexibility index (Phi) is 5.46. The Morgan fingerprint density at radius 3 is 2.72 bits per heavy atom. The number of piperidine rings is 1. The third-order valence-electron chi connectivity index (χ3n) is 4.78. The van der Waals surface area contributed by atoms with Gasteiger partial charge in [0.15, 0.2) is 0 Å². The van der Waals surface area contributed by atoms with Crippen molar-refractivity contribution in [3.63, 3.8) is 0 Å². The average Bonchev–Trinajstić information content (AvgIpc) is 2.38. The van der Waals surface area contributed by atoms with E-state index in [0.717, 1.165) is 12.5 Å². The van der Waals surface area contributed by atoms with Gasteiger partial charge in [-0.1, -0.05) is 19.3 Å². The van der Waals surface area contributed by atoms with Crippen LogP contribution in [0.2, 0.25) is 0 Å². The van der Waals surface area contributed by atoms with E-state index in [4.69, 9.17) is 10.5 Å². The molecule has 0 aromatic heterocycles. The van der Waals surface area contributed by atoms with Crippen LogP contribution in [-0.2, 0) is 4.74 Å². The molecule has 0 spiro atoms. The second-order valence-electron chi connectivity index (χ2n) is 6.44. The molecule has 1 aliphatic carbocycles. The molecular weight excluding hydrogens is 224 g/mol. The van der Waals surface area contributed by atoms with Crippen LogP contribution < -0.4 is 5.73 Å². The molecule has 3 nitrogen and oxygen atoms in total. The van der Waals surface area contributed by atoms with Gasteiger partial charge in [0.25, 0.3) is 0 Å². The number of ether oxygens (including phenoxy) is 1. The Hall–Kier alpha value is -0.120. The minimum atomic E-state index is 0.145. The van der Waals surface area contributed by atoms with Crippen molar-refractivity contribution in [3.05, 3.63) is 0 Å². The van der Waals surface area contributed by atoms with E-state index in [0.29, 0.717) is 0 Å². The zero-order valence-electron chi connectivity index (χ0n) is 12.0. The molecule has 1 unspecified atom stereocenters. The fourth-order valence-corrected chi connectivity index (χ4v) is 3.61. The average molecular weight is 254 g/mol. The molecule has 1 atom stereocenters. The Morgan fingerprint density at radius 2 is 2.00 bits per heavy atom. The Balaban J connectivity index is 1.72. The lowest BCUT2D eigenvalue weighted by Crippen LogP contribution is -2.46. The van der Waals surface area contributed by atoms with Crippen LogP contribution in [0.3, 0.4) is 0 Å². The van der Waals surface area contributed by atoms with Gasteiger partial charge in [-0.2, -0.15) is 0 Å². The predicted octanol–water partition coefficient (Wildman–Crippen LogP) is 2.40. The first-order valence-corrected chi connectivity index (χ1v) is 7.72. The number of nitrogens with two attached hydrogens (primary N) is 1. The lowest BCUT2D eigenvalue weighted by molar-refractivity contribution is 0.0846. The monoisotopic (exact) mass is 254 g/mol. The lowest BCUT2D eigenvalue weighted by atomic mass is 9.80. The highest BCUT2D eigenvalue weighted by Crippen LogP contribution is 2.29. The van der Waals surface area contributed by atoms with E-state index in [2.05, 4.69) is 4.90 Å². The van der Waals surface area contributed by atoms with Crippen molar-refractivity contribution in [2.75, 3.05) is 33.4 Å². The molecule has 1 saturated carbocycles. The fourth-order valence-electron chi connectivity index (χ4n) is 3.61. The van der Waals surface area contributed by atoms with Crippen molar-refractivity contribution >= 4 is 0 Å². The molecule has 18 heavy (non-hydrogen) atoms. The summed E-state index contributed by atoms with van der Waals surface area (Å²) in [7, 11) is 1.82.